The van der Waals surface area contributed by atoms with E-state index in [1.54, 1.807) is 43.3 Å². The molecule has 29 heavy (non-hydrogen) atoms. The Kier molecular flexibility index (Phi) is 5.96. The molecule has 0 bridgehead atoms. The van der Waals surface area contributed by atoms with Crippen LogP contribution in [0, 0.1) is 13.8 Å². The molecule has 0 radical (unpaired) electrons. The predicted octanol–water partition coefficient (Wildman–Crippen LogP) is 5.00. The minimum atomic E-state index is -4.19. The molecule has 0 unspecified atom stereocenters. The number of methoxy groups -OCH3 is 1. The van der Waals surface area contributed by atoms with E-state index >= 15 is 0 Å². The molecular formula is C22H20ClNO4S. The molecule has 0 aliphatic rings. The molecule has 0 atom stereocenters. The number of ether oxygens (including phenoxy) is 1. The molecule has 5 nitrogen and oxygen atoms in total. The highest BCUT2D eigenvalue weighted by Crippen LogP contribution is 2.33. The Hall–Kier alpha value is -2.83. The molecule has 0 fully saturated rings. The Morgan fingerprint density at radius 1 is 0.966 bits per heavy atom. The highest BCUT2D eigenvalue weighted by atomic mass is 35.5. The summed E-state index contributed by atoms with van der Waals surface area (Å²) in [5, 5.41) is 0.201. The van der Waals surface area contributed by atoms with Gasteiger partial charge in [-0.05, 0) is 55.8 Å². The lowest BCUT2D eigenvalue weighted by molar-refractivity contribution is 0.100. The van der Waals surface area contributed by atoms with Crippen LogP contribution < -0.4 is 9.04 Å². The van der Waals surface area contributed by atoms with Crippen LogP contribution in [0.1, 0.15) is 21.5 Å². The van der Waals surface area contributed by atoms with Crippen molar-refractivity contribution in [3.63, 3.8) is 0 Å². The largest absolute Gasteiger partial charge is 0.495 e. The third-order valence-electron chi connectivity index (χ3n) is 4.49. The second-order valence-electron chi connectivity index (χ2n) is 6.52. The van der Waals surface area contributed by atoms with Gasteiger partial charge in [0, 0.05) is 5.56 Å². The zero-order valence-electron chi connectivity index (χ0n) is 16.2. The topological polar surface area (TPSA) is 63.7 Å². The molecule has 7 heteroatoms. The summed E-state index contributed by atoms with van der Waals surface area (Å²) in [5.41, 5.74) is 1.99. The summed E-state index contributed by atoms with van der Waals surface area (Å²) in [6.45, 7) is 3.61. The highest BCUT2D eigenvalue weighted by molar-refractivity contribution is 7.93. The number of sulfonamides is 1. The van der Waals surface area contributed by atoms with E-state index in [2.05, 4.69) is 0 Å². The van der Waals surface area contributed by atoms with E-state index in [9.17, 15) is 13.2 Å². The Bertz CT molecular complexity index is 1160. The summed E-state index contributed by atoms with van der Waals surface area (Å²) in [6, 6.07) is 17.6. The van der Waals surface area contributed by atoms with Crippen LogP contribution in [0.15, 0.2) is 71.6 Å². The van der Waals surface area contributed by atoms with Crippen LogP contribution in [-0.2, 0) is 10.0 Å². The lowest BCUT2D eigenvalue weighted by Crippen LogP contribution is -2.37. The van der Waals surface area contributed by atoms with Gasteiger partial charge in [-0.15, -0.1) is 0 Å². The summed E-state index contributed by atoms with van der Waals surface area (Å²) in [4.78, 5) is 13.4. The summed E-state index contributed by atoms with van der Waals surface area (Å²) in [5.74, 6) is -0.281. The van der Waals surface area contributed by atoms with Crippen LogP contribution in [0.5, 0.6) is 5.75 Å². The quantitative estimate of drug-likeness (QED) is 0.572. The molecule has 150 valence electrons. The fraction of sp³-hybridized carbons (Fsp3) is 0.136. The van der Waals surface area contributed by atoms with Gasteiger partial charge in [-0.1, -0.05) is 47.5 Å². The third kappa shape index (κ3) is 4.13. The summed E-state index contributed by atoms with van der Waals surface area (Å²) < 4.78 is 32.9. The van der Waals surface area contributed by atoms with Crippen molar-refractivity contribution >= 4 is 33.2 Å². The van der Waals surface area contributed by atoms with Crippen molar-refractivity contribution in [1.82, 2.24) is 0 Å². The molecule has 3 aromatic carbocycles. The molecule has 3 rings (SSSR count). The maximum absolute atomic E-state index is 13.5. The number of amides is 1. The van der Waals surface area contributed by atoms with Crippen molar-refractivity contribution in [2.24, 2.45) is 0 Å². The fourth-order valence-electron chi connectivity index (χ4n) is 2.88. The number of anilines is 1. The number of carbonyl (C=O) groups is 1. The van der Waals surface area contributed by atoms with Crippen LogP contribution >= 0.6 is 11.6 Å². The zero-order valence-corrected chi connectivity index (χ0v) is 17.8. The van der Waals surface area contributed by atoms with Crippen molar-refractivity contribution in [3.8, 4) is 5.75 Å². The maximum Gasteiger partial charge on any atom is 0.272 e. The van der Waals surface area contributed by atoms with Gasteiger partial charge in [0.15, 0.2) is 0 Å². The van der Waals surface area contributed by atoms with Crippen molar-refractivity contribution < 1.29 is 17.9 Å². The first-order valence-corrected chi connectivity index (χ1v) is 10.6. The number of rotatable bonds is 5. The van der Waals surface area contributed by atoms with Gasteiger partial charge < -0.3 is 4.74 Å². The Morgan fingerprint density at radius 2 is 1.62 bits per heavy atom. The molecule has 0 saturated carbocycles. The number of hydrogen-bond donors (Lipinski definition) is 0. The van der Waals surface area contributed by atoms with Crippen LogP contribution in [0.25, 0.3) is 0 Å². The van der Waals surface area contributed by atoms with Gasteiger partial charge in [-0.2, -0.15) is 4.31 Å². The SMILES string of the molecule is COc1ccc(N(C(=O)c2ccccc2C)S(=O)(=O)c2ccc(C)cc2)cc1Cl. The van der Waals surface area contributed by atoms with E-state index in [1.165, 1.54) is 37.4 Å². The first-order valence-electron chi connectivity index (χ1n) is 8.81. The monoisotopic (exact) mass is 429 g/mol. The number of nitrogens with zero attached hydrogens (tertiary/aromatic N) is 1. The van der Waals surface area contributed by atoms with Crippen LogP contribution in [0.3, 0.4) is 0 Å². The van der Waals surface area contributed by atoms with E-state index in [-0.39, 0.29) is 21.2 Å². The minimum Gasteiger partial charge on any atom is -0.495 e. The number of halogens is 1. The molecule has 0 aromatic heterocycles. The van der Waals surface area contributed by atoms with Gasteiger partial charge in [0.05, 0.1) is 22.7 Å². The van der Waals surface area contributed by atoms with Gasteiger partial charge in [-0.25, -0.2) is 8.42 Å². The van der Waals surface area contributed by atoms with E-state index in [1.807, 2.05) is 6.92 Å². The van der Waals surface area contributed by atoms with Gasteiger partial charge >= 0.3 is 0 Å². The van der Waals surface area contributed by atoms with Crippen molar-refractivity contribution in [3.05, 3.63) is 88.4 Å². The van der Waals surface area contributed by atoms with Crippen molar-refractivity contribution in [2.75, 3.05) is 11.4 Å². The standard InChI is InChI=1S/C22H20ClNO4S/c1-15-8-11-18(12-9-15)29(26,27)24(17-10-13-21(28-3)20(23)14-17)22(25)19-7-5-4-6-16(19)2/h4-14H,1-3H3. The van der Waals surface area contributed by atoms with Crippen molar-refractivity contribution in [2.45, 2.75) is 18.7 Å². The van der Waals surface area contributed by atoms with E-state index in [4.69, 9.17) is 16.3 Å². The van der Waals surface area contributed by atoms with Gasteiger partial charge in [-0.3, -0.25) is 4.79 Å². The molecular weight excluding hydrogens is 410 g/mol. The Morgan fingerprint density at radius 3 is 2.21 bits per heavy atom. The number of hydrogen-bond acceptors (Lipinski definition) is 4. The smallest absolute Gasteiger partial charge is 0.272 e. The number of aryl methyl sites for hydroxylation is 2. The molecule has 0 N–H and O–H groups in total. The minimum absolute atomic E-state index is 0.0111. The van der Waals surface area contributed by atoms with Gasteiger partial charge in [0.2, 0.25) is 0 Å². The van der Waals surface area contributed by atoms with Gasteiger partial charge in [0.1, 0.15) is 5.75 Å². The average Bonchev–Trinajstić information content (AvgIpc) is 2.68. The normalized spacial score (nSPS) is 11.2. The molecule has 0 spiro atoms. The first kappa shape index (κ1) is 20.9. The number of carbonyl (C=O) groups excluding carboxylic acids is 1. The van der Waals surface area contributed by atoms with Crippen LogP contribution in [-0.4, -0.2) is 21.4 Å². The third-order valence-corrected chi connectivity index (χ3v) is 6.51. The first-order chi connectivity index (χ1) is 13.8. The molecule has 0 heterocycles. The van der Waals surface area contributed by atoms with Crippen LogP contribution in [0.2, 0.25) is 5.02 Å². The van der Waals surface area contributed by atoms with Gasteiger partial charge in [0.25, 0.3) is 15.9 Å². The van der Waals surface area contributed by atoms with E-state index in [0.717, 1.165) is 9.87 Å². The lowest BCUT2D eigenvalue weighted by atomic mass is 10.1. The van der Waals surface area contributed by atoms with E-state index < -0.39 is 15.9 Å². The molecule has 0 aliphatic heterocycles. The molecule has 3 aromatic rings. The maximum atomic E-state index is 13.5. The fourth-order valence-corrected chi connectivity index (χ4v) is 4.54. The van der Waals surface area contributed by atoms with E-state index in [0.29, 0.717) is 11.3 Å². The lowest BCUT2D eigenvalue weighted by Gasteiger charge is -2.24. The summed E-state index contributed by atoms with van der Waals surface area (Å²) in [6.07, 6.45) is 0. The summed E-state index contributed by atoms with van der Waals surface area (Å²) in [7, 11) is -2.73. The van der Waals surface area contributed by atoms with Crippen LogP contribution in [0.4, 0.5) is 5.69 Å². The number of benzene rings is 3. The Labute approximate surface area is 175 Å². The average molecular weight is 430 g/mol. The van der Waals surface area contributed by atoms with Crippen molar-refractivity contribution in [1.29, 1.82) is 0 Å². The molecule has 0 saturated heterocycles. The zero-order chi connectivity index (χ0) is 21.2. The second-order valence-corrected chi connectivity index (χ2v) is 8.72. The molecule has 1 amide bonds. The molecule has 0 aliphatic carbocycles. The predicted molar refractivity (Wildman–Crippen MR) is 114 cm³/mol. The Balaban J connectivity index is 2.21. The highest BCUT2D eigenvalue weighted by Gasteiger charge is 2.33. The second kappa shape index (κ2) is 8.27. The summed E-state index contributed by atoms with van der Waals surface area (Å²) >= 11 is 6.21.